The van der Waals surface area contributed by atoms with Gasteiger partial charge in [0.1, 0.15) is 6.17 Å². The van der Waals surface area contributed by atoms with E-state index >= 15 is 0 Å². The molecule has 5 rings (SSSR count). The van der Waals surface area contributed by atoms with E-state index in [2.05, 4.69) is 48.2 Å². The molecule has 1 aliphatic carbocycles. The van der Waals surface area contributed by atoms with E-state index in [1.807, 2.05) is 31.2 Å². The Balaban J connectivity index is 1.73. The Bertz CT molecular complexity index is 1090. The molecule has 0 saturated carbocycles. The van der Waals surface area contributed by atoms with E-state index in [1.165, 1.54) is 27.8 Å². The number of rotatable bonds is 1. The molecule has 1 atom stereocenters. The van der Waals surface area contributed by atoms with Gasteiger partial charge < -0.3 is 9.80 Å². The summed E-state index contributed by atoms with van der Waals surface area (Å²) in [4.78, 5) is 3.77. The van der Waals surface area contributed by atoms with E-state index in [9.17, 15) is 0 Å². The Morgan fingerprint density at radius 3 is 2.52 bits per heavy atom. The van der Waals surface area contributed by atoms with Gasteiger partial charge in [-0.25, -0.2) is 0 Å². The lowest BCUT2D eigenvalue weighted by Crippen LogP contribution is -2.36. The zero-order valence-electron chi connectivity index (χ0n) is 17.5. The molecule has 0 saturated heterocycles. The largest absolute Gasteiger partial charge is 0.353 e. The van der Waals surface area contributed by atoms with Crippen molar-refractivity contribution in [2.45, 2.75) is 26.4 Å². The summed E-state index contributed by atoms with van der Waals surface area (Å²) in [5.41, 5.74) is 9.19. The minimum Gasteiger partial charge on any atom is -0.353 e. The molecule has 0 aromatic heterocycles. The van der Waals surface area contributed by atoms with E-state index in [-0.39, 0.29) is 6.17 Å². The second-order valence-electron chi connectivity index (χ2n) is 6.95. The number of benzene rings is 3. The first-order valence-corrected chi connectivity index (χ1v) is 8.76. The smallest absolute Gasteiger partial charge is 0.103 e. The van der Waals surface area contributed by atoms with Crippen LogP contribution in [0.4, 0.5) is 17.1 Å². The third-order valence-electron chi connectivity index (χ3n) is 5.55. The fourth-order valence-electron chi connectivity index (χ4n) is 4.34. The molecule has 2 heteroatoms. The highest BCUT2D eigenvalue weighted by atomic mass is 15.4. The molecule has 3 aromatic rings. The molecule has 0 N–H and O–H groups in total. The van der Waals surface area contributed by atoms with Gasteiger partial charge in [0.15, 0.2) is 0 Å². The Morgan fingerprint density at radius 1 is 0.920 bits per heavy atom. The monoisotopic (exact) mass is 329 g/mol. The third-order valence-corrected chi connectivity index (χ3v) is 5.55. The number of fused-ring (bicyclic) bond motifs is 4. The number of aryl methyl sites for hydroxylation is 1. The van der Waals surface area contributed by atoms with Gasteiger partial charge in [-0.1, -0.05) is 48.5 Å². The van der Waals surface area contributed by atoms with Crippen LogP contribution in [-0.2, 0) is 6.42 Å². The summed E-state index contributed by atoms with van der Waals surface area (Å²) >= 11 is 0. The maximum absolute atomic E-state index is 8.09. The van der Waals surface area contributed by atoms with E-state index in [0.29, 0.717) is 0 Å². The molecule has 1 heterocycles. The molecule has 0 amide bonds. The summed E-state index contributed by atoms with van der Waals surface area (Å²) < 4.78 is 24.3. The molecule has 124 valence electrons. The van der Waals surface area contributed by atoms with Crippen LogP contribution in [0.5, 0.6) is 0 Å². The van der Waals surface area contributed by atoms with Crippen molar-refractivity contribution in [1.29, 1.82) is 0 Å². The minimum absolute atomic E-state index is 0.293. The molecule has 0 bridgehead atoms. The van der Waals surface area contributed by atoms with Crippen molar-refractivity contribution in [1.82, 2.24) is 0 Å². The predicted octanol–water partition coefficient (Wildman–Crippen LogP) is 5.50. The van der Waals surface area contributed by atoms with Crippen LogP contribution in [0.2, 0.25) is 0 Å². The van der Waals surface area contributed by atoms with Crippen LogP contribution < -0.4 is 9.80 Å². The average Bonchev–Trinajstić information content (AvgIpc) is 3.16. The molecule has 0 radical (unpaired) electrons. The highest BCUT2D eigenvalue weighted by Gasteiger charge is 2.35. The predicted molar refractivity (Wildman–Crippen MR) is 106 cm³/mol. The molecular weight excluding hydrogens is 304 g/mol. The lowest BCUT2D eigenvalue weighted by Gasteiger charge is -2.31. The van der Waals surface area contributed by atoms with E-state index in [4.69, 9.17) is 4.11 Å². The van der Waals surface area contributed by atoms with Crippen molar-refractivity contribution in [2.24, 2.45) is 0 Å². The highest BCUT2D eigenvalue weighted by molar-refractivity contribution is 5.90. The summed E-state index contributed by atoms with van der Waals surface area (Å²) in [5.74, 6) is 0. The Kier molecular flexibility index (Phi) is 2.41. The molecule has 1 unspecified atom stereocenters. The maximum atomic E-state index is 8.09. The van der Waals surface area contributed by atoms with Crippen molar-refractivity contribution >= 4 is 17.1 Å². The summed E-state index contributed by atoms with van der Waals surface area (Å²) in [6.45, 7) is 1.90. The van der Waals surface area contributed by atoms with E-state index in [0.717, 1.165) is 23.5 Å². The van der Waals surface area contributed by atoms with Crippen LogP contribution in [0.15, 0.2) is 60.7 Å². The van der Waals surface area contributed by atoms with Gasteiger partial charge in [-0.2, -0.15) is 0 Å². The molecule has 0 fully saturated rings. The first kappa shape index (κ1) is 11.8. The van der Waals surface area contributed by atoms with Crippen molar-refractivity contribution in [2.75, 3.05) is 16.8 Å². The molecule has 1 aliphatic heterocycles. The average molecular weight is 329 g/mol. The van der Waals surface area contributed by atoms with Crippen LogP contribution in [0.25, 0.3) is 11.1 Å². The van der Waals surface area contributed by atoms with Crippen molar-refractivity contribution < 1.29 is 4.11 Å². The van der Waals surface area contributed by atoms with Gasteiger partial charge in [-0.05, 0) is 53.8 Å². The number of nitrogens with zero attached hydrogens (tertiary/aromatic N) is 2. The molecule has 2 aliphatic rings. The first-order valence-electron chi connectivity index (χ1n) is 10.3. The fourth-order valence-corrected chi connectivity index (χ4v) is 4.34. The fraction of sp³-hybridized carbons (Fsp3) is 0.217. The van der Waals surface area contributed by atoms with Crippen LogP contribution in [0.3, 0.4) is 0 Å². The zero-order chi connectivity index (χ0) is 19.6. The standard InChI is InChI=1S/C23H22N2/c1-15-12-13-19-18-9-5-4-8-17(18)14-20(19)23(15)25-16(2)24(3)21-10-6-7-11-22(21)25/h4-13,16H,14H2,1-3H3/i3D3. The topological polar surface area (TPSA) is 6.48 Å². The Labute approximate surface area is 153 Å². The lowest BCUT2D eigenvalue weighted by molar-refractivity contribution is 0.730. The van der Waals surface area contributed by atoms with Gasteiger partial charge in [-0.15, -0.1) is 0 Å². The highest BCUT2D eigenvalue weighted by Crippen LogP contribution is 2.49. The summed E-state index contributed by atoms with van der Waals surface area (Å²) in [6, 6.07) is 20.7. The quantitative estimate of drug-likeness (QED) is 0.455. The zero-order valence-corrected chi connectivity index (χ0v) is 14.5. The van der Waals surface area contributed by atoms with Crippen LogP contribution >= 0.6 is 0 Å². The maximum Gasteiger partial charge on any atom is 0.103 e. The lowest BCUT2D eigenvalue weighted by atomic mass is 10.00. The molecule has 0 spiro atoms. The summed E-state index contributed by atoms with van der Waals surface area (Å²) in [7, 11) is 0. The van der Waals surface area contributed by atoms with Gasteiger partial charge in [0.05, 0.1) is 17.1 Å². The number of para-hydroxylation sites is 2. The summed E-state index contributed by atoms with van der Waals surface area (Å²) in [5, 5.41) is 0. The second kappa shape index (κ2) is 5.13. The van der Waals surface area contributed by atoms with Gasteiger partial charge in [0.2, 0.25) is 0 Å². The molecule has 2 nitrogen and oxygen atoms in total. The summed E-state index contributed by atoms with van der Waals surface area (Å²) in [6.07, 6.45) is 0.584. The normalized spacial score (nSPS) is 19.8. The van der Waals surface area contributed by atoms with Crippen LogP contribution in [0, 0.1) is 6.92 Å². The van der Waals surface area contributed by atoms with Crippen LogP contribution in [0.1, 0.15) is 27.7 Å². The number of hydrogen-bond donors (Lipinski definition) is 0. The van der Waals surface area contributed by atoms with Crippen LogP contribution in [-0.4, -0.2) is 13.1 Å². The van der Waals surface area contributed by atoms with Gasteiger partial charge in [-0.3, -0.25) is 0 Å². The molecule has 3 aromatic carbocycles. The Hall–Kier alpha value is -2.74. The van der Waals surface area contributed by atoms with Crippen molar-refractivity contribution in [3.8, 4) is 11.1 Å². The third kappa shape index (κ3) is 1.91. The van der Waals surface area contributed by atoms with E-state index < -0.39 is 6.98 Å². The number of anilines is 3. The number of hydrogen-bond acceptors (Lipinski definition) is 2. The molecular formula is C23H22N2. The molecule has 25 heavy (non-hydrogen) atoms. The van der Waals surface area contributed by atoms with E-state index in [1.54, 1.807) is 4.90 Å². The van der Waals surface area contributed by atoms with Crippen molar-refractivity contribution in [3.63, 3.8) is 0 Å². The first-order chi connectivity index (χ1) is 13.4. The minimum atomic E-state index is -2.20. The van der Waals surface area contributed by atoms with Gasteiger partial charge in [0, 0.05) is 17.5 Å². The van der Waals surface area contributed by atoms with Gasteiger partial charge >= 0.3 is 0 Å². The second-order valence-corrected chi connectivity index (χ2v) is 6.95. The Morgan fingerprint density at radius 2 is 1.68 bits per heavy atom. The van der Waals surface area contributed by atoms with Crippen molar-refractivity contribution in [3.05, 3.63) is 77.4 Å². The van der Waals surface area contributed by atoms with Gasteiger partial charge in [0.25, 0.3) is 0 Å². The SMILES string of the molecule is [2H]C([2H])([2H])N1c2ccccc2N(c2c(C)ccc3c2Cc2ccccc2-3)C1C.